The summed E-state index contributed by atoms with van der Waals surface area (Å²) in [6.07, 6.45) is 1.84. The van der Waals surface area contributed by atoms with Crippen LogP contribution in [0.15, 0.2) is 24.4 Å². The number of aryl methyl sites for hydroxylation is 2. The summed E-state index contributed by atoms with van der Waals surface area (Å²) in [4.78, 5) is 24.7. The van der Waals surface area contributed by atoms with Crippen LogP contribution < -0.4 is 10.1 Å². The van der Waals surface area contributed by atoms with Crippen molar-refractivity contribution in [1.82, 2.24) is 14.8 Å². The molecule has 0 bridgehead atoms. The predicted molar refractivity (Wildman–Crippen MR) is 108 cm³/mol. The number of ether oxygens (including phenoxy) is 1. The second-order valence-corrected chi connectivity index (χ2v) is 6.11. The van der Waals surface area contributed by atoms with E-state index in [1.165, 1.54) is 6.92 Å². The second-order valence-electron chi connectivity index (χ2n) is 6.11. The van der Waals surface area contributed by atoms with E-state index in [1.807, 2.05) is 42.9 Å². The van der Waals surface area contributed by atoms with Crippen LogP contribution >= 0.6 is 0 Å². The first-order valence-electron chi connectivity index (χ1n) is 8.74. The van der Waals surface area contributed by atoms with E-state index in [1.54, 1.807) is 7.11 Å². The van der Waals surface area contributed by atoms with Crippen molar-refractivity contribution in [1.29, 1.82) is 0 Å². The van der Waals surface area contributed by atoms with E-state index >= 15 is 0 Å². The van der Waals surface area contributed by atoms with Crippen molar-refractivity contribution in [3.05, 3.63) is 35.7 Å². The van der Waals surface area contributed by atoms with Crippen molar-refractivity contribution in [2.24, 2.45) is 0 Å². The molecule has 0 saturated carbocycles. The number of amides is 1. The van der Waals surface area contributed by atoms with Crippen molar-refractivity contribution < 1.29 is 19.4 Å². The highest BCUT2D eigenvalue weighted by Gasteiger charge is 2.16. The fourth-order valence-electron chi connectivity index (χ4n) is 3.13. The summed E-state index contributed by atoms with van der Waals surface area (Å²) in [5.74, 6) is 0.560. The lowest BCUT2D eigenvalue weighted by Gasteiger charge is -2.14. The molecule has 8 nitrogen and oxygen atoms in total. The average molecular weight is 384 g/mol. The molecule has 0 fully saturated rings. The van der Waals surface area contributed by atoms with Gasteiger partial charge in [-0.2, -0.15) is 5.10 Å². The largest absolute Gasteiger partial charge is 0.494 e. The van der Waals surface area contributed by atoms with Crippen molar-refractivity contribution in [2.75, 3.05) is 12.4 Å². The number of methoxy groups -OCH3 is 1. The van der Waals surface area contributed by atoms with Crippen molar-refractivity contribution in [3.8, 4) is 17.0 Å². The normalized spacial score (nSPS) is 10.2. The molecule has 2 N–H and O–H groups in total. The first-order valence-corrected chi connectivity index (χ1v) is 8.74. The first-order chi connectivity index (χ1) is 13.4. The molecule has 8 heteroatoms. The number of benzene rings is 1. The molecule has 2 heterocycles. The zero-order valence-electron chi connectivity index (χ0n) is 16.6. The molecule has 3 rings (SSSR count). The summed E-state index contributed by atoms with van der Waals surface area (Å²) in [6.45, 7) is 8.17. The molecule has 2 aromatic heterocycles. The van der Waals surface area contributed by atoms with Crippen LogP contribution in [0.1, 0.15) is 25.1 Å². The molecule has 0 aliphatic rings. The lowest BCUT2D eigenvalue weighted by atomic mass is 10.0. The summed E-state index contributed by atoms with van der Waals surface area (Å²) >= 11 is 0. The SMILES string of the molecule is CCn1ncc(-c2cc(C)c3c(NC(C)=O)ccc(OC)c3n2)c1C.O=CO. The van der Waals surface area contributed by atoms with Crippen LogP contribution in [0.4, 0.5) is 5.69 Å². The van der Waals surface area contributed by atoms with Crippen LogP contribution in [0, 0.1) is 13.8 Å². The maximum absolute atomic E-state index is 11.5. The minimum absolute atomic E-state index is 0.116. The van der Waals surface area contributed by atoms with E-state index in [-0.39, 0.29) is 12.4 Å². The van der Waals surface area contributed by atoms with Crippen molar-refractivity contribution >= 4 is 29.0 Å². The van der Waals surface area contributed by atoms with Gasteiger partial charge in [-0.25, -0.2) is 4.98 Å². The number of anilines is 1. The molecule has 0 spiro atoms. The number of nitrogens with zero attached hydrogens (tertiary/aromatic N) is 3. The molecule has 148 valence electrons. The van der Waals surface area contributed by atoms with Gasteiger partial charge in [0.25, 0.3) is 6.47 Å². The Morgan fingerprint density at radius 3 is 2.57 bits per heavy atom. The average Bonchev–Trinajstić information content (AvgIpc) is 3.02. The molecule has 1 aromatic carbocycles. The monoisotopic (exact) mass is 384 g/mol. The van der Waals surface area contributed by atoms with Gasteiger partial charge >= 0.3 is 0 Å². The Morgan fingerprint density at radius 2 is 2.04 bits per heavy atom. The van der Waals surface area contributed by atoms with Gasteiger partial charge in [0.05, 0.1) is 24.7 Å². The Labute approximate surface area is 163 Å². The Morgan fingerprint density at radius 1 is 1.36 bits per heavy atom. The zero-order chi connectivity index (χ0) is 20.8. The summed E-state index contributed by atoms with van der Waals surface area (Å²) in [5.41, 5.74) is 5.41. The third-order valence-corrected chi connectivity index (χ3v) is 4.33. The van der Waals surface area contributed by atoms with Crippen LogP contribution in [0.2, 0.25) is 0 Å². The van der Waals surface area contributed by atoms with E-state index in [0.29, 0.717) is 5.75 Å². The molecule has 0 saturated heterocycles. The van der Waals surface area contributed by atoms with E-state index in [2.05, 4.69) is 17.3 Å². The smallest absolute Gasteiger partial charge is 0.290 e. The number of hydrogen-bond acceptors (Lipinski definition) is 5. The highest BCUT2D eigenvalue weighted by Crippen LogP contribution is 2.35. The molecule has 3 aromatic rings. The van der Waals surface area contributed by atoms with Crippen LogP contribution in [-0.4, -0.2) is 39.4 Å². The lowest BCUT2D eigenvalue weighted by molar-refractivity contribution is -0.123. The first kappa shape index (κ1) is 20.9. The Bertz CT molecular complexity index is 1010. The maximum atomic E-state index is 11.5. The molecule has 0 unspecified atom stereocenters. The van der Waals surface area contributed by atoms with E-state index in [4.69, 9.17) is 19.6 Å². The molecular formula is C20H24N4O4. The van der Waals surface area contributed by atoms with E-state index < -0.39 is 0 Å². The number of hydrogen-bond donors (Lipinski definition) is 2. The minimum atomic E-state index is -0.250. The number of aromatic nitrogens is 3. The van der Waals surface area contributed by atoms with Gasteiger partial charge in [0, 0.05) is 30.1 Å². The molecule has 0 aliphatic heterocycles. The number of fused-ring (bicyclic) bond motifs is 1. The number of pyridine rings is 1. The lowest BCUT2D eigenvalue weighted by Crippen LogP contribution is -2.07. The number of nitrogens with one attached hydrogen (secondary N) is 1. The highest BCUT2D eigenvalue weighted by atomic mass is 16.5. The molecule has 0 atom stereocenters. The Hall–Kier alpha value is -3.42. The Balaban J connectivity index is 0.000000878. The number of rotatable bonds is 4. The van der Waals surface area contributed by atoms with Crippen LogP contribution in [0.5, 0.6) is 5.75 Å². The van der Waals surface area contributed by atoms with E-state index in [0.717, 1.165) is 45.6 Å². The summed E-state index contributed by atoms with van der Waals surface area (Å²) in [7, 11) is 1.62. The van der Waals surface area contributed by atoms with Gasteiger partial charge in [-0.3, -0.25) is 14.3 Å². The van der Waals surface area contributed by atoms with E-state index in [9.17, 15) is 4.79 Å². The van der Waals surface area contributed by atoms with Gasteiger partial charge in [0.1, 0.15) is 11.3 Å². The summed E-state index contributed by atoms with van der Waals surface area (Å²) in [6, 6.07) is 5.69. The highest BCUT2D eigenvalue weighted by molar-refractivity contribution is 6.04. The molecule has 0 radical (unpaired) electrons. The topological polar surface area (TPSA) is 106 Å². The minimum Gasteiger partial charge on any atom is -0.494 e. The standard InChI is InChI=1S/C19H22N4O2.CH2O2/c1-6-23-12(3)14(10-20-23)16-9-11(2)18-15(21-13(4)24)7-8-17(25-5)19(18)22-16;2-1-3/h7-10H,6H2,1-5H3,(H,21,24);1H,(H,2,3). The predicted octanol–water partition coefficient (Wildman–Crippen LogP) is 3.40. The summed E-state index contributed by atoms with van der Waals surface area (Å²) in [5, 5.41) is 15.1. The third-order valence-electron chi connectivity index (χ3n) is 4.33. The Kier molecular flexibility index (Phi) is 6.70. The van der Waals surface area contributed by atoms with Gasteiger partial charge in [-0.15, -0.1) is 0 Å². The van der Waals surface area contributed by atoms with Gasteiger partial charge in [0.15, 0.2) is 0 Å². The van der Waals surface area contributed by atoms with Crippen molar-refractivity contribution in [2.45, 2.75) is 34.2 Å². The van der Waals surface area contributed by atoms with Crippen LogP contribution in [0.3, 0.4) is 0 Å². The molecule has 28 heavy (non-hydrogen) atoms. The quantitative estimate of drug-likeness (QED) is 0.668. The van der Waals surface area contributed by atoms with Crippen LogP contribution in [0.25, 0.3) is 22.2 Å². The molecular weight excluding hydrogens is 360 g/mol. The second kappa shape index (κ2) is 8.98. The maximum Gasteiger partial charge on any atom is 0.290 e. The van der Waals surface area contributed by atoms with Gasteiger partial charge in [-0.05, 0) is 44.5 Å². The zero-order valence-corrected chi connectivity index (χ0v) is 16.6. The fourth-order valence-corrected chi connectivity index (χ4v) is 3.13. The fraction of sp³-hybridized carbons (Fsp3) is 0.300. The number of carboxylic acid groups (broad SMARTS) is 1. The van der Waals surface area contributed by atoms with Crippen molar-refractivity contribution in [3.63, 3.8) is 0 Å². The number of carbonyl (C=O) groups is 2. The molecule has 0 aliphatic carbocycles. The molecule has 1 amide bonds. The van der Waals surface area contributed by atoms with Gasteiger partial charge < -0.3 is 15.2 Å². The van der Waals surface area contributed by atoms with Crippen LogP contribution in [-0.2, 0) is 16.1 Å². The number of carbonyl (C=O) groups excluding carboxylic acids is 1. The van der Waals surface area contributed by atoms with Gasteiger partial charge in [0.2, 0.25) is 5.91 Å². The third kappa shape index (κ3) is 4.11. The van der Waals surface area contributed by atoms with Gasteiger partial charge in [-0.1, -0.05) is 0 Å². The summed E-state index contributed by atoms with van der Waals surface area (Å²) < 4.78 is 7.44.